The van der Waals surface area contributed by atoms with Crippen molar-refractivity contribution in [2.75, 3.05) is 57.1 Å². The molecule has 0 aromatic carbocycles. The Morgan fingerprint density at radius 3 is 2.57 bits per heavy atom. The molecule has 1 aliphatic rings. The highest BCUT2D eigenvalue weighted by Gasteiger charge is 2.12. The van der Waals surface area contributed by atoms with Gasteiger partial charge in [0.25, 0.3) is 0 Å². The first-order valence-electron chi connectivity index (χ1n) is 7.83. The van der Waals surface area contributed by atoms with Crippen LogP contribution in [-0.2, 0) is 11.2 Å². The van der Waals surface area contributed by atoms with E-state index < -0.39 is 0 Å². The van der Waals surface area contributed by atoms with Crippen LogP contribution in [0.15, 0.2) is 0 Å². The van der Waals surface area contributed by atoms with E-state index in [1.165, 1.54) is 0 Å². The van der Waals surface area contributed by atoms with Gasteiger partial charge in [-0.05, 0) is 13.3 Å². The van der Waals surface area contributed by atoms with E-state index in [2.05, 4.69) is 39.3 Å². The van der Waals surface area contributed by atoms with Crippen LogP contribution in [-0.4, -0.2) is 61.3 Å². The Kier molecular flexibility index (Phi) is 6.20. The number of hydrogen-bond donors (Lipinski definition) is 2. The van der Waals surface area contributed by atoms with Gasteiger partial charge >= 0.3 is 0 Å². The maximum Gasteiger partial charge on any atom is 0.134 e. The molecule has 2 rings (SSSR count). The van der Waals surface area contributed by atoms with Crippen molar-refractivity contribution in [3.05, 3.63) is 11.4 Å². The second-order valence-corrected chi connectivity index (χ2v) is 5.34. The number of aromatic nitrogens is 2. The van der Waals surface area contributed by atoms with Crippen LogP contribution in [0.5, 0.6) is 0 Å². The Morgan fingerprint density at radius 2 is 1.90 bits per heavy atom. The first kappa shape index (κ1) is 16.0. The van der Waals surface area contributed by atoms with Crippen LogP contribution in [0.3, 0.4) is 0 Å². The standard InChI is InChI=1S/C15H27N5O/c1-4-5-13-18-14(16-3)12(2)15(19-13)17-6-7-20-8-10-21-11-9-20/h4-11H2,1-3H3,(H2,16,17,18,19). The fourth-order valence-electron chi connectivity index (χ4n) is 2.47. The van der Waals surface area contributed by atoms with Crippen LogP contribution >= 0.6 is 0 Å². The summed E-state index contributed by atoms with van der Waals surface area (Å²) in [5, 5.41) is 6.62. The van der Waals surface area contributed by atoms with E-state index in [4.69, 9.17) is 4.74 Å². The first-order chi connectivity index (χ1) is 10.2. The molecule has 6 heteroatoms. The average molecular weight is 293 g/mol. The van der Waals surface area contributed by atoms with Gasteiger partial charge in [0, 0.05) is 45.2 Å². The molecule has 2 heterocycles. The van der Waals surface area contributed by atoms with Gasteiger partial charge in [-0.2, -0.15) is 0 Å². The number of aryl methyl sites for hydroxylation is 1. The lowest BCUT2D eigenvalue weighted by Crippen LogP contribution is -2.39. The summed E-state index contributed by atoms with van der Waals surface area (Å²) in [6.45, 7) is 9.85. The summed E-state index contributed by atoms with van der Waals surface area (Å²) in [4.78, 5) is 11.6. The van der Waals surface area contributed by atoms with Gasteiger partial charge in [0.05, 0.1) is 13.2 Å². The van der Waals surface area contributed by atoms with Crippen LogP contribution in [0.1, 0.15) is 24.7 Å². The van der Waals surface area contributed by atoms with Crippen molar-refractivity contribution < 1.29 is 4.74 Å². The summed E-state index contributed by atoms with van der Waals surface area (Å²) in [7, 11) is 1.91. The minimum atomic E-state index is 0.844. The van der Waals surface area contributed by atoms with Gasteiger partial charge in [-0.25, -0.2) is 9.97 Å². The summed E-state index contributed by atoms with van der Waals surface area (Å²) in [5.41, 5.74) is 1.08. The molecule has 0 spiro atoms. The molecule has 2 N–H and O–H groups in total. The second kappa shape index (κ2) is 8.14. The molecule has 1 aromatic heterocycles. The number of anilines is 2. The molecule has 0 bridgehead atoms. The molecule has 0 radical (unpaired) electrons. The minimum absolute atomic E-state index is 0.844. The van der Waals surface area contributed by atoms with Gasteiger partial charge in [-0.3, -0.25) is 4.90 Å². The van der Waals surface area contributed by atoms with E-state index in [9.17, 15) is 0 Å². The molecule has 118 valence electrons. The van der Waals surface area contributed by atoms with Crippen molar-refractivity contribution in [2.45, 2.75) is 26.7 Å². The zero-order valence-corrected chi connectivity index (χ0v) is 13.4. The Hall–Kier alpha value is -1.40. The van der Waals surface area contributed by atoms with Crippen LogP contribution in [0.4, 0.5) is 11.6 Å². The third kappa shape index (κ3) is 4.54. The van der Waals surface area contributed by atoms with Crippen molar-refractivity contribution >= 4 is 11.6 Å². The van der Waals surface area contributed by atoms with Crippen molar-refractivity contribution in [3.63, 3.8) is 0 Å². The van der Waals surface area contributed by atoms with Crippen LogP contribution in [0, 0.1) is 6.92 Å². The maximum atomic E-state index is 5.37. The van der Waals surface area contributed by atoms with Gasteiger partial charge in [-0.1, -0.05) is 6.92 Å². The van der Waals surface area contributed by atoms with Gasteiger partial charge in [0.2, 0.25) is 0 Å². The predicted molar refractivity (Wildman–Crippen MR) is 86.1 cm³/mol. The molecule has 21 heavy (non-hydrogen) atoms. The number of nitrogens with one attached hydrogen (secondary N) is 2. The minimum Gasteiger partial charge on any atom is -0.379 e. The Labute approximate surface area is 127 Å². The molecular weight excluding hydrogens is 266 g/mol. The molecule has 0 atom stereocenters. The highest BCUT2D eigenvalue weighted by Crippen LogP contribution is 2.19. The molecule has 6 nitrogen and oxygen atoms in total. The van der Waals surface area contributed by atoms with Crippen molar-refractivity contribution in [1.82, 2.24) is 14.9 Å². The zero-order valence-electron chi connectivity index (χ0n) is 13.4. The lowest BCUT2D eigenvalue weighted by molar-refractivity contribution is 0.0398. The quantitative estimate of drug-likeness (QED) is 0.795. The lowest BCUT2D eigenvalue weighted by atomic mass is 10.2. The SMILES string of the molecule is CCCc1nc(NC)c(C)c(NCCN2CCOCC2)n1. The molecule has 0 aliphatic carbocycles. The second-order valence-electron chi connectivity index (χ2n) is 5.34. The summed E-state index contributed by atoms with van der Waals surface area (Å²) in [6, 6.07) is 0. The average Bonchev–Trinajstić information content (AvgIpc) is 2.51. The van der Waals surface area contributed by atoms with Gasteiger partial charge < -0.3 is 15.4 Å². The number of nitrogens with zero attached hydrogens (tertiary/aromatic N) is 3. The predicted octanol–water partition coefficient (Wildman–Crippen LogP) is 1.52. The van der Waals surface area contributed by atoms with Crippen LogP contribution in [0.25, 0.3) is 0 Å². The molecule has 1 saturated heterocycles. The topological polar surface area (TPSA) is 62.3 Å². The fraction of sp³-hybridized carbons (Fsp3) is 0.733. The number of hydrogen-bond acceptors (Lipinski definition) is 6. The fourth-order valence-corrected chi connectivity index (χ4v) is 2.47. The molecule has 0 saturated carbocycles. The molecule has 0 amide bonds. The maximum absolute atomic E-state index is 5.37. The van der Waals surface area contributed by atoms with E-state index in [-0.39, 0.29) is 0 Å². The lowest BCUT2D eigenvalue weighted by Gasteiger charge is -2.26. The number of morpholine rings is 1. The molecule has 1 fully saturated rings. The summed E-state index contributed by atoms with van der Waals surface area (Å²) >= 11 is 0. The zero-order chi connectivity index (χ0) is 15.1. The summed E-state index contributed by atoms with van der Waals surface area (Å²) in [5.74, 6) is 2.77. The molecular formula is C15H27N5O. The van der Waals surface area contributed by atoms with E-state index in [1.807, 2.05) is 7.05 Å². The first-order valence-corrected chi connectivity index (χ1v) is 7.83. The normalized spacial score (nSPS) is 16.0. The highest BCUT2D eigenvalue weighted by atomic mass is 16.5. The number of rotatable bonds is 7. The van der Waals surface area contributed by atoms with E-state index in [0.29, 0.717) is 0 Å². The highest BCUT2D eigenvalue weighted by molar-refractivity contribution is 5.57. The van der Waals surface area contributed by atoms with E-state index in [1.54, 1.807) is 0 Å². The largest absolute Gasteiger partial charge is 0.379 e. The Morgan fingerprint density at radius 1 is 1.19 bits per heavy atom. The number of ether oxygens (including phenoxy) is 1. The molecule has 1 aliphatic heterocycles. The van der Waals surface area contributed by atoms with Crippen LogP contribution < -0.4 is 10.6 Å². The van der Waals surface area contributed by atoms with Crippen molar-refractivity contribution in [3.8, 4) is 0 Å². The van der Waals surface area contributed by atoms with Gasteiger partial charge in [0.1, 0.15) is 17.5 Å². The monoisotopic (exact) mass is 293 g/mol. The Bertz CT molecular complexity index is 446. The third-order valence-corrected chi connectivity index (χ3v) is 3.73. The smallest absolute Gasteiger partial charge is 0.134 e. The van der Waals surface area contributed by atoms with E-state index >= 15 is 0 Å². The molecule has 0 unspecified atom stereocenters. The van der Waals surface area contributed by atoms with Crippen molar-refractivity contribution in [2.24, 2.45) is 0 Å². The van der Waals surface area contributed by atoms with Crippen LogP contribution in [0.2, 0.25) is 0 Å². The van der Waals surface area contributed by atoms with Gasteiger partial charge in [0.15, 0.2) is 0 Å². The Balaban J connectivity index is 1.95. The summed E-state index contributed by atoms with van der Waals surface area (Å²) in [6.07, 6.45) is 1.96. The van der Waals surface area contributed by atoms with E-state index in [0.717, 1.165) is 75.3 Å². The third-order valence-electron chi connectivity index (χ3n) is 3.73. The molecule has 1 aromatic rings. The summed E-state index contributed by atoms with van der Waals surface area (Å²) < 4.78 is 5.37. The van der Waals surface area contributed by atoms with Gasteiger partial charge in [-0.15, -0.1) is 0 Å². The van der Waals surface area contributed by atoms with Crippen molar-refractivity contribution in [1.29, 1.82) is 0 Å².